The Morgan fingerprint density at radius 3 is 0.664 bits per heavy atom. The Hall–Kier alpha value is -15.8. The number of terminal acetylenes is 8. The zero-order valence-corrected chi connectivity index (χ0v) is 62.5. The molecule has 113 heavy (non-hydrogen) atoms. The quantitative estimate of drug-likeness (QED) is 0.0422. The number of nitrogens with zero attached hydrogens (tertiary/aromatic N) is 8. The first kappa shape index (κ1) is 76.9. The summed E-state index contributed by atoms with van der Waals surface area (Å²) in [5.74, 6) is 24.8. The molecule has 0 aliphatic heterocycles. The average molecular weight is 1480 g/mol. The van der Waals surface area contributed by atoms with E-state index in [1.165, 1.54) is 0 Å². The van der Waals surface area contributed by atoms with E-state index >= 15 is 0 Å². The fourth-order valence-electron chi connectivity index (χ4n) is 14.6. The molecule has 0 saturated heterocycles. The van der Waals surface area contributed by atoms with Crippen LogP contribution in [0.3, 0.4) is 0 Å². The van der Waals surface area contributed by atoms with Crippen molar-refractivity contribution in [1.29, 1.82) is 21.0 Å². The number of hydrogen-bond acceptors (Lipinski definition) is 16. The first-order valence-electron chi connectivity index (χ1n) is 35.7. The molecule has 0 aromatic heterocycles. The Morgan fingerprint density at radius 1 is 0.265 bits per heavy atom. The van der Waals surface area contributed by atoms with Gasteiger partial charge in [0.15, 0.2) is 23.0 Å². The van der Waals surface area contributed by atoms with Gasteiger partial charge in [0.05, 0.1) is 52.4 Å². The molecule has 2 aliphatic rings. The molecule has 16 heteroatoms. The van der Waals surface area contributed by atoms with Crippen LogP contribution in [0.25, 0.3) is 0 Å². The summed E-state index contributed by atoms with van der Waals surface area (Å²) in [4.78, 5) is 7.36. The van der Waals surface area contributed by atoms with Gasteiger partial charge in [0.2, 0.25) is 0 Å². The number of ether oxygens (including phenoxy) is 8. The normalized spacial score (nSPS) is 12.4. The van der Waals surface area contributed by atoms with E-state index in [-0.39, 0.29) is 144 Å². The fourth-order valence-corrected chi connectivity index (χ4v) is 14.6. The van der Waals surface area contributed by atoms with Gasteiger partial charge in [0.25, 0.3) is 0 Å². The monoisotopic (exact) mass is 1480 g/mol. The number of nitriles is 4. The van der Waals surface area contributed by atoms with Crippen LogP contribution < -0.4 is 57.5 Å². The minimum atomic E-state index is -0.876. The maximum atomic E-state index is 11.2. The van der Waals surface area contributed by atoms with Crippen LogP contribution in [0.5, 0.6) is 92.0 Å². The largest absolute Gasteiger partial charge is 0.456 e. The molecule has 0 N–H and O–H groups in total. The van der Waals surface area contributed by atoms with E-state index in [1.54, 1.807) is 146 Å². The molecule has 1 spiro atoms. The predicted octanol–water partition coefficient (Wildman–Crippen LogP) is 19.5. The topological polar surface area (TPSA) is 182 Å². The summed E-state index contributed by atoms with van der Waals surface area (Å²) in [5, 5.41) is 44.8. The van der Waals surface area contributed by atoms with Crippen LogP contribution in [-0.4, -0.2) is 52.4 Å². The van der Waals surface area contributed by atoms with Crippen LogP contribution in [0, 0.1) is 144 Å². The number of anilines is 4. The van der Waals surface area contributed by atoms with E-state index in [9.17, 15) is 21.0 Å². The molecule has 548 valence electrons. The Bertz CT molecular complexity index is 5500. The van der Waals surface area contributed by atoms with Crippen molar-refractivity contribution in [3.05, 3.63) is 239 Å². The van der Waals surface area contributed by atoms with Crippen molar-refractivity contribution in [3.8, 4) is 215 Å². The highest BCUT2D eigenvalue weighted by atomic mass is 16.5. The van der Waals surface area contributed by atoms with Crippen molar-refractivity contribution in [2.24, 2.45) is 0 Å². The van der Waals surface area contributed by atoms with Crippen molar-refractivity contribution in [1.82, 2.24) is 0 Å². The maximum Gasteiger partial charge on any atom is 0.170 e. The van der Waals surface area contributed by atoms with E-state index in [2.05, 4.69) is 99.3 Å². The summed E-state index contributed by atoms with van der Waals surface area (Å²) >= 11 is 0. The summed E-state index contributed by atoms with van der Waals surface area (Å²) in [7, 11) is 0. The minimum absolute atomic E-state index is 0.0458. The van der Waals surface area contributed by atoms with Crippen LogP contribution in [0.15, 0.2) is 194 Å². The molecule has 0 radical (unpaired) electrons. The molecule has 0 bridgehead atoms. The summed E-state index contributed by atoms with van der Waals surface area (Å²) in [6, 6.07) is 66.1. The van der Waals surface area contributed by atoms with Crippen LogP contribution in [0.2, 0.25) is 0 Å². The van der Waals surface area contributed by atoms with Crippen molar-refractivity contribution in [3.63, 3.8) is 0 Å². The molecule has 0 fully saturated rings. The number of benzene rings is 10. The zero-order valence-electron chi connectivity index (χ0n) is 62.5. The van der Waals surface area contributed by atoms with E-state index < -0.39 is 16.2 Å². The molecule has 2 aliphatic carbocycles. The van der Waals surface area contributed by atoms with Crippen LogP contribution in [-0.2, 0) is 16.2 Å². The molecule has 10 aromatic carbocycles. The lowest BCUT2D eigenvalue weighted by molar-refractivity contribution is 0.349. The highest BCUT2D eigenvalue weighted by molar-refractivity contribution is 5.71. The van der Waals surface area contributed by atoms with Crippen LogP contribution in [0.4, 0.5) is 22.7 Å². The Labute approximate surface area is 660 Å². The molecule has 0 atom stereocenters. The highest BCUT2D eigenvalue weighted by Crippen LogP contribution is 2.66. The summed E-state index contributed by atoms with van der Waals surface area (Å²) in [5.41, 5.74) is 4.34. The van der Waals surface area contributed by atoms with E-state index in [0.29, 0.717) is 58.6 Å². The first-order chi connectivity index (χ1) is 54.9. The molecule has 0 saturated carbocycles. The average Bonchev–Trinajstić information content (AvgIpc) is 1.52. The van der Waals surface area contributed by atoms with Gasteiger partial charge in [-0.25, -0.2) is 0 Å². The van der Waals surface area contributed by atoms with Gasteiger partial charge in [-0.2, -0.15) is 21.0 Å². The molecular weight excluding hydrogens is 1410 g/mol. The van der Waals surface area contributed by atoms with Gasteiger partial charge in [0, 0.05) is 52.4 Å². The standard InChI is InChI=1S/C97H72N8O8/c1-13-45-102(46-14-2)67-29-21-33-71(53-67)106-83-37-25-41-87(75(83)61-98)110-91-57-79-81(59-93(91)112-89-43-27-39-85(77(89)63-100)108-73-35-23-31-69(55-73)104(49-17-5)50-18-6)97(65-95(79,9)10)66-96(11,12)80-58-92(111-88-42-26-38-84(76(88)62-99)107-72-34-22-30-68(54-72)103(47-15-3)48-16-4)94(60-82(80)97)113-90-44-28-40-86(78(90)64-101)109-74-36-24-32-70(56-74)105(51-19-7)52-20-8/h1-8,21-44,53-60H,45-52,65-66H2,9-12H3. The van der Waals surface area contributed by atoms with E-state index in [4.69, 9.17) is 89.3 Å². The second kappa shape index (κ2) is 34.0. The number of hydrogen-bond donors (Lipinski definition) is 0. The zero-order chi connectivity index (χ0) is 79.8. The lowest BCUT2D eigenvalue weighted by atomic mass is 9.72. The Morgan fingerprint density at radius 2 is 0.460 bits per heavy atom. The molecule has 16 nitrogen and oxygen atoms in total. The van der Waals surface area contributed by atoms with Crippen molar-refractivity contribution < 1.29 is 37.9 Å². The molecular formula is C97H72N8O8. The minimum Gasteiger partial charge on any atom is -0.456 e. The Balaban J connectivity index is 1.02. The molecule has 0 heterocycles. The van der Waals surface area contributed by atoms with E-state index in [0.717, 1.165) is 22.3 Å². The molecule has 0 unspecified atom stereocenters. The van der Waals surface area contributed by atoms with Crippen LogP contribution in [0.1, 0.15) is 85.0 Å². The third-order valence-corrected chi connectivity index (χ3v) is 19.3. The lowest BCUT2D eigenvalue weighted by Gasteiger charge is -2.31. The number of rotatable bonds is 28. The SMILES string of the molecule is C#CCN(CC#C)c1cccc(Oc2cccc(Oc3cc4c(cc3Oc3cccc(Oc5cccc(N(CC#C)CC#C)c5)c3C#N)C3(CC4(C)C)CC(C)(C)c4cc(Oc5cccc(Oc6cccc(N(CC#C)CC#C)c6)c5C#N)c(Oc5cccc(Oc6cccc(N(CC#C)CC#C)c6)c5C#N)cc43)c2C#N)c1. The summed E-state index contributed by atoms with van der Waals surface area (Å²) in [6.45, 7) is 10.6. The third kappa shape index (κ3) is 16.4. The lowest BCUT2D eigenvalue weighted by Crippen LogP contribution is -2.27. The highest BCUT2D eigenvalue weighted by Gasteiger charge is 2.57. The fraction of sp³-hybridized carbons (Fsp3) is 0.175. The molecule has 10 aromatic rings. The van der Waals surface area contributed by atoms with Crippen molar-refractivity contribution >= 4 is 22.7 Å². The second-order valence-corrected chi connectivity index (χ2v) is 27.7. The van der Waals surface area contributed by atoms with Crippen LogP contribution >= 0.6 is 0 Å². The number of fused-ring (bicyclic) bond motifs is 4. The van der Waals surface area contributed by atoms with Gasteiger partial charge >= 0.3 is 0 Å². The van der Waals surface area contributed by atoms with Gasteiger partial charge in [0.1, 0.15) is 116 Å². The molecule has 0 amide bonds. The smallest absolute Gasteiger partial charge is 0.170 e. The van der Waals surface area contributed by atoms with Gasteiger partial charge in [-0.3, -0.25) is 0 Å². The van der Waals surface area contributed by atoms with Crippen molar-refractivity contribution in [2.75, 3.05) is 72.0 Å². The second-order valence-electron chi connectivity index (χ2n) is 27.7. The van der Waals surface area contributed by atoms with Gasteiger partial charge in [-0.15, -0.1) is 51.4 Å². The summed E-state index contributed by atoms with van der Waals surface area (Å²) < 4.78 is 54.5. The predicted molar refractivity (Wildman–Crippen MR) is 439 cm³/mol. The van der Waals surface area contributed by atoms with Gasteiger partial charge in [-0.1, -0.05) is 124 Å². The van der Waals surface area contributed by atoms with Gasteiger partial charge in [-0.05, 0) is 167 Å². The first-order valence-corrected chi connectivity index (χ1v) is 35.7. The molecule has 12 rings (SSSR count). The third-order valence-electron chi connectivity index (χ3n) is 19.3. The summed E-state index contributed by atoms with van der Waals surface area (Å²) in [6.07, 6.45) is 47.0. The van der Waals surface area contributed by atoms with E-state index in [1.807, 2.05) is 68.1 Å². The van der Waals surface area contributed by atoms with Crippen molar-refractivity contribution in [2.45, 2.75) is 56.8 Å². The maximum absolute atomic E-state index is 11.2. The van der Waals surface area contributed by atoms with Gasteiger partial charge < -0.3 is 57.5 Å². The Kier molecular flexibility index (Phi) is 23.1.